The topological polar surface area (TPSA) is 49.4 Å². The molecule has 1 aromatic carbocycles. The summed E-state index contributed by atoms with van der Waals surface area (Å²) in [6, 6.07) is 4.35. The van der Waals surface area contributed by atoms with E-state index in [0.29, 0.717) is 6.07 Å². The summed E-state index contributed by atoms with van der Waals surface area (Å²) in [6.07, 6.45) is 2.17. The highest BCUT2D eigenvalue weighted by Crippen LogP contribution is 2.27. The van der Waals surface area contributed by atoms with Crippen LogP contribution < -0.4 is 4.72 Å². The van der Waals surface area contributed by atoms with E-state index in [2.05, 4.69) is 9.62 Å². The van der Waals surface area contributed by atoms with Gasteiger partial charge >= 0.3 is 0 Å². The van der Waals surface area contributed by atoms with Crippen LogP contribution in [0.1, 0.15) is 24.4 Å². The van der Waals surface area contributed by atoms with E-state index >= 15 is 0 Å². The Labute approximate surface area is 144 Å². The number of halogens is 2. The number of hydrogen-bond donors (Lipinski definition) is 1. The Hall–Kier alpha value is -1.35. The van der Waals surface area contributed by atoms with E-state index in [4.69, 9.17) is 0 Å². The van der Waals surface area contributed by atoms with Crippen LogP contribution in [-0.2, 0) is 10.0 Å². The van der Waals surface area contributed by atoms with Gasteiger partial charge in [-0.15, -0.1) is 0 Å². The van der Waals surface area contributed by atoms with E-state index < -0.39 is 26.6 Å². The van der Waals surface area contributed by atoms with Crippen molar-refractivity contribution in [3.05, 3.63) is 52.2 Å². The number of benzene rings is 1. The number of nitrogens with one attached hydrogen (secondary N) is 1. The maximum atomic E-state index is 13.8. The third-order valence-electron chi connectivity index (χ3n) is 4.16. The van der Waals surface area contributed by atoms with Crippen LogP contribution in [0.3, 0.4) is 0 Å². The summed E-state index contributed by atoms with van der Waals surface area (Å²) >= 11 is 1.55. The summed E-state index contributed by atoms with van der Waals surface area (Å²) in [4.78, 5) is 1.69. The van der Waals surface area contributed by atoms with Gasteiger partial charge in [-0.1, -0.05) is 0 Å². The van der Waals surface area contributed by atoms with Crippen molar-refractivity contribution in [3.8, 4) is 0 Å². The van der Waals surface area contributed by atoms with Gasteiger partial charge in [0, 0.05) is 18.7 Å². The predicted molar refractivity (Wildman–Crippen MR) is 89.4 cm³/mol. The molecule has 3 rings (SSSR count). The van der Waals surface area contributed by atoms with Gasteiger partial charge in [0.05, 0.1) is 0 Å². The lowest BCUT2D eigenvalue weighted by Crippen LogP contribution is -2.36. The van der Waals surface area contributed by atoms with Gasteiger partial charge in [0.2, 0.25) is 10.0 Å². The number of nitrogens with zero attached hydrogens (tertiary/aromatic N) is 1. The molecule has 0 saturated carbocycles. The van der Waals surface area contributed by atoms with Crippen LogP contribution in [-0.4, -0.2) is 33.0 Å². The van der Waals surface area contributed by atoms with Gasteiger partial charge in [-0.2, -0.15) is 11.3 Å². The van der Waals surface area contributed by atoms with Crippen molar-refractivity contribution >= 4 is 21.4 Å². The monoisotopic (exact) mass is 372 g/mol. The second-order valence-electron chi connectivity index (χ2n) is 5.74. The van der Waals surface area contributed by atoms with E-state index in [1.165, 1.54) is 0 Å². The second kappa shape index (κ2) is 7.26. The summed E-state index contributed by atoms with van der Waals surface area (Å²) in [5.74, 6) is -1.89. The van der Waals surface area contributed by atoms with Crippen molar-refractivity contribution < 1.29 is 17.2 Å². The first kappa shape index (κ1) is 17.5. The fraction of sp³-hybridized carbons (Fsp3) is 0.375. The Bertz CT molecular complexity index is 788. The zero-order valence-electron chi connectivity index (χ0n) is 12.9. The SMILES string of the molecule is O=S(=O)(NCC(c1ccsc1)N1CCCC1)c1ccc(F)cc1F. The molecule has 1 aliphatic heterocycles. The predicted octanol–water partition coefficient (Wildman–Crippen LogP) is 3.14. The molecule has 0 amide bonds. The van der Waals surface area contributed by atoms with Crippen molar-refractivity contribution in [2.24, 2.45) is 0 Å². The Morgan fingerprint density at radius 1 is 1.21 bits per heavy atom. The highest BCUT2D eigenvalue weighted by molar-refractivity contribution is 7.89. The van der Waals surface area contributed by atoms with E-state index in [9.17, 15) is 17.2 Å². The fourth-order valence-corrected chi connectivity index (χ4v) is 4.74. The average Bonchev–Trinajstić information content (AvgIpc) is 3.20. The third kappa shape index (κ3) is 3.83. The lowest BCUT2D eigenvalue weighted by atomic mass is 10.1. The maximum absolute atomic E-state index is 13.8. The van der Waals surface area contributed by atoms with Crippen LogP contribution in [0.5, 0.6) is 0 Å². The lowest BCUT2D eigenvalue weighted by molar-refractivity contribution is 0.247. The molecule has 0 spiro atoms. The van der Waals surface area contributed by atoms with Gasteiger partial charge in [-0.3, -0.25) is 4.90 Å². The Morgan fingerprint density at radius 2 is 1.96 bits per heavy atom. The van der Waals surface area contributed by atoms with E-state index in [1.54, 1.807) is 11.3 Å². The highest BCUT2D eigenvalue weighted by atomic mass is 32.2. The zero-order chi connectivity index (χ0) is 17.2. The molecule has 24 heavy (non-hydrogen) atoms. The molecule has 1 atom stereocenters. The molecule has 1 N–H and O–H groups in total. The summed E-state index contributed by atoms with van der Waals surface area (Å²) in [5.41, 5.74) is 1.05. The Kier molecular flexibility index (Phi) is 5.29. The minimum Gasteiger partial charge on any atom is -0.295 e. The summed E-state index contributed by atoms with van der Waals surface area (Å²) < 4.78 is 54.0. The van der Waals surface area contributed by atoms with Crippen molar-refractivity contribution in [3.63, 3.8) is 0 Å². The molecule has 2 heterocycles. The van der Waals surface area contributed by atoms with E-state index in [-0.39, 0.29) is 12.6 Å². The minimum absolute atomic E-state index is 0.0861. The van der Waals surface area contributed by atoms with Crippen LogP contribution in [0.15, 0.2) is 39.9 Å². The van der Waals surface area contributed by atoms with Crippen molar-refractivity contribution in [1.82, 2.24) is 9.62 Å². The molecule has 1 aliphatic rings. The second-order valence-corrected chi connectivity index (χ2v) is 8.26. The molecule has 0 radical (unpaired) electrons. The standard InChI is InChI=1S/C16H18F2N2O2S2/c17-13-3-4-16(14(18)9-13)24(21,22)19-10-15(12-5-8-23-11-12)20-6-1-2-7-20/h3-5,8-9,11,15,19H,1-2,6-7,10H2. The van der Waals surface area contributed by atoms with Crippen molar-refractivity contribution in [1.29, 1.82) is 0 Å². The minimum atomic E-state index is -4.04. The summed E-state index contributed by atoms with van der Waals surface area (Å²) in [7, 11) is -4.04. The number of sulfonamides is 1. The molecule has 1 unspecified atom stereocenters. The Balaban J connectivity index is 1.78. The maximum Gasteiger partial charge on any atom is 0.243 e. The first-order valence-electron chi connectivity index (χ1n) is 7.68. The molecule has 0 bridgehead atoms. The molecule has 1 fully saturated rings. The van der Waals surface area contributed by atoms with Crippen molar-refractivity contribution in [2.75, 3.05) is 19.6 Å². The van der Waals surface area contributed by atoms with Gasteiger partial charge in [0.15, 0.2) is 0 Å². The largest absolute Gasteiger partial charge is 0.295 e. The molecule has 4 nitrogen and oxygen atoms in total. The molecule has 130 valence electrons. The quantitative estimate of drug-likeness (QED) is 0.848. The summed E-state index contributed by atoms with van der Waals surface area (Å²) in [6.45, 7) is 1.97. The molecular formula is C16H18F2N2O2S2. The third-order valence-corrected chi connectivity index (χ3v) is 6.32. The average molecular weight is 372 g/mol. The van der Waals surface area contributed by atoms with Gasteiger partial charge in [0.1, 0.15) is 16.5 Å². The normalized spacial score (nSPS) is 17.2. The molecule has 8 heteroatoms. The summed E-state index contributed by atoms with van der Waals surface area (Å²) in [5, 5.41) is 3.95. The molecular weight excluding hydrogens is 354 g/mol. The number of rotatable bonds is 6. The van der Waals surface area contributed by atoms with E-state index in [0.717, 1.165) is 43.6 Å². The number of hydrogen-bond acceptors (Lipinski definition) is 4. The Morgan fingerprint density at radius 3 is 2.58 bits per heavy atom. The number of likely N-dealkylation sites (tertiary alicyclic amines) is 1. The van der Waals surface area contributed by atoms with Crippen LogP contribution in [0, 0.1) is 11.6 Å². The molecule has 1 aromatic heterocycles. The van der Waals surface area contributed by atoms with Crippen LogP contribution in [0.2, 0.25) is 0 Å². The zero-order valence-corrected chi connectivity index (χ0v) is 14.5. The van der Waals surface area contributed by atoms with E-state index in [1.807, 2.05) is 16.8 Å². The lowest BCUT2D eigenvalue weighted by Gasteiger charge is -2.27. The van der Waals surface area contributed by atoms with Gasteiger partial charge in [-0.25, -0.2) is 21.9 Å². The van der Waals surface area contributed by atoms with Crippen LogP contribution in [0.25, 0.3) is 0 Å². The fourth-order valence-electron chi connectivity index (χ4n) is 2.94. The highest BCUT2D eigenvalue weighted by Gasteiger charge is 2.27. The van der Waals surface area contributed by atoms with Crippen LogP contribution in [0.4, 0.5) is 8.78 Å². The number of thiophene rings is 1. The molecule has 2 aromatic rings. The van der Waals surface area contributed by atoms with Crippen LogP contribution >= 0.6 is 11.3 Å². The smallest absolute Gasteiger partial charge is 0.243 e. The van der Waals surface area contributed by atoms with Crippen molar-refractivity contribution in [2.45, 2.75) is 23.8 Å². The first-order chi connectivity index (χ1) is 11.5. The van der Waals surface area contributed by atoms with Gasteiger partial charge < -0.3 is 0 Å². The first-order valence-corrected chi connectivity index (χ1v) is 10.1. The molecule has 1 saturated heterocycles. The molecule has 0 aliphatic carbocycles. The van der Waals surface area contributed by atoms with Gasteiger partial charge in [-0.05, 0) is 60.5 Å². The van der Waals surface area contributed by atoms with Gasteiger partial charge in [0.25, 0.3) is 0 Å².